The molecule has 0 spiro atoms. The number of rotatable bonds is 6. The topological polar surface area (TPSA) is 35.8 Å². The van der Waals surface area contributed by atoms with Gasteiger partial charge in [0.25, 0.3) is 0 Å². The molecule has 15 heavy (non-hydrogen) atoms. The number of nitrogens with one attached hydrogen (secondary N) is 1. The Morgan fingerprint density at radius 3 is 2.53 bits per heavy atom. The van der Waals surface area contributed by atoms with Crippen LogP contribution in [-0.2, 0) is 6.54 Å². The minimum atomic E-state index is 0.727. The van der Waals surface area contributed by atoms with E-state index in [1.807, 2.05) is 24.3 Å². The van der Waals surface area contributed by atoms with Crippen LogP contribution in [0.25, 0.3) is 0 Å². The van der Waals surface area contributed by atoms with Crippen molar-refractivity contribution in [2.75, 3.05) is 6.54 Å². The van der Waals surface area contributed by atoms with Crippen LogP contribution in [0, 0.1) is 11.3 Å². The molecular formula is C13H18N2. The number of nitrogens with zero attached hydrogens (tertiary/aromatic N) is 1. The van der Waals surface area contributed by atoms with Crippen LogP contribution in [0.15, 0.2) is 24.3 Å². The maximum Gasteiger partial charge on any atom is 0.0991 e. The van der Waals surface area contributed by atoms with E-state index >= 15 is 0 Å². The SMILES string of the molecule is CCCCCNCc1ccc(C#N)cc1. The zero-order chi connectivity index (χ0) is 10.9. The Bertz CT molecular complexity index is 308. The predicted molar refractivity (Wildman–Crippen MR) is 62.4 cm³/mol. The Morgan fingerprint density at radius 2 is 1.93 bits per heavy atom. The summed E-state index contributed by atoms with van der Waals surface area (Å²) in [5.41, 5.74) is 1.97. The molecule has 80 valence electrons. The molecule has 0 aliphatic rings. The van der Waals surface area contributed by atoms with Crippen LogP contribution in [0.2, 0.25) is 0 Å². The van der Waals surface area contributed by atoms with E-state index < -0.39 is 0 Å². The van der Waals surface area contributed by atoms with E-state index in [2.05, 4.69) is 18.3 Å². The van der Waals surface area contributed by atoms with Gasteiger partial charge in [0.1, 0.15) is 0 Å². The lowest BCUT2D eigenvalue weighted by Crippen LogP contribution is -2.14. The molecule has 0 aliphatic heterocycles. The number of benzene rings is 1. The third kappa shape index (κ3) is 4.62. The average molecular weight is 202 g/mol. The van der Waals surface area contributed by atoms with Gasteiger partial charge in [-0.2, -0.15) is 5.26 Å². The summed E-state index contributed by atoms with van der Waals surface area (Å²) >= 11 is 0. The maximum absolute atomic E-state index is 8.64. The van der Waals surface area contributed by atoms with E-state index in [1.54, 1.807) is 0 Å². The van der Waals surface area contributed by atoms with Crippen LogP contribution in [0.3, 0.4) is 0 Å². The van der Waals surface area contributed by atoms with Crippen molar-refractivity contribution in [3.63, 3.8) is 0 Å². The molecule has 0 saturated heterocycles. The smallest absolute Gasteiger partial charge is 0.0991 e. The first kappa shape index (κ1) is 11.7. The van der Waals surface area contributed by atoms with Gasteiger partial charge in [-0.25, -0.2) is 0 Å². The van der Waals surface area contributed by atoms with Crippen LogP contribution >= 0.6 is 0 Å². The van der Waals surface area contributed by atoms with Crippen molar-refractivity contribution in [2.24, 2.45) is 0 Å². The Labute approximate surface area is 91.9 Å². The zero-order valence-electron chi connectivity index (χ0n) is 9.29. The average Bonchev–Trinajstić information content (AvgIpc) is 2.30. The Hall–Kier alpha value is -1.33. The maximum atomic E-state index is 8.64. The molecule has 0 unspecified atom stereocenters. The second-order valence-electron chi connectivity index (χ2n) is 3.69. The minimum Gasteiger partial charge on any atom is -0.313 e. The van der Waals surface area contributed by atoms with Gasteiger partial charge >= 0.3 is 0 Å². The summed E-state index contributed by atoms with van der Waals surface area (Å²) in [7, 11) is 0. The van der Waals surface area contributed by atoms with Gasteiger partial charge in [0, 0.05) is 6.54 Å². The van der Waals surface area contributed by atoms with Crippen LogP contribution in [0.4, 0.5) is 0 Å². The van der Waals surface area contributed by atoms with Gasteiger partial charge in [-0.3, -0.25) is 0 Å². The summed E-state index contributed by atoms with van der Waals surface area (Å²) in [4.78, 5) is 0. The van der Waals surface area contributed by atoms with Gasteiger partial charge in [-0.15, -0.1) is 0 Å². The number of unbranched alkanes of at least 4 members (excludes halogenated alkanes) is 2. The first-order valence-electron chi connectivity index (χ1n) is 5.56. The fourth-order valence-corrected chi connectivity index (χ4v) is 1.43. The molecule has 2 nitrogen and oxygen atoms in total. The molecule has 0 aromatic heterocycles. The molecule has 0 radical (unpaired) electrons. The summed E-state index contributed by atoms with van der Waals surface area (Å²) in [6, 6.07) is 9.86. The predicted octanol–water partition coefficient (Wildman–Crippen LogP) is 2.84. The molecule has 0 amide bonds. The first-order chi connectivity index (χ1) is 7.36. The van der Waals surface area contributed by atoms with E-state index in [1.165, 1.54) is 24.8 Å². The molecular weight excluding hydrogens is 184 g/mol. The highest BCUT2D eigenvalue weighted by Gasteiger charge is 1.93. The third-order valence-electron chi connectivity index (χ3n) is 2.37. The van der Waals surface area contributed by atoms with E-state index in [-0.39, 0.29) is 0 Å². The first-order valence-corrected chi connectivity index (χ1v) is 5.56. The van der Waals surface area contributed by atoms with Gasteiger partial charge in [-0.05, 0) is 30.7 Å². The van der Waals surface area contributed by atoms with Crippen molar-refractivity contribution in [2.45, 2.75) is 32.7 Å². The second-order valence-corrected chi connectivity index (χ2v) is 3.69. The lowest BCUT2D eigenvalue weighted by Gasteiger charge is -2.04. The van der Waals surface area contributed by atoms with Crippen molar-refractivity contribution in [1.82, 2.24) is 5.32 Å². The fourth-order valence-electron chi connectivity index (χ4n) is 1.43. The molecule has 0 saturated carbocycles. The minimum absolute atomic E-state index is 0.727. The molecule has 0 aliphatic carbocycles. The van der Waals surface area contributed by atoms with Crippen molar-refractivity contribution >= 4 is 0 Å². The van der Waals surface area contributed by atoms with Crippen LogP contribution in [0.1, 0.15) is 37.3 Å². The third-order valence-corrected chi connectivity index (χ3v) is 2.37. The van der Waals surface area contributed by atoms with Crippen molar-refractivity contribution in [3.8, 4) is 6.07 Å². The number of hydrogen-bond donors (Lipinski definition) is 1. The van der Waals surface area contributed by atoms with Crippen LogP contribution < -0.4 is 5.32 Å². The van der Waals surface area contributed by atoms with Gasteiger partial charge in [-0.1, -0.05) is 31.9 Å². The van der Waals surface area contributed by atoms with Crippen molar-refractivity contribution in [3.05, 3.63) is 35.4 Å². The molecule has 0 heterocycles. The summed E-state index contributed by atoms with van der Waals surface area (Å²) in [5, 5.41) is 12.0. The molecule has 1 aromatic rings. The quantitative estimate of drug-likeness (QED) is 0.720. The van der Waals surface area contributed by atoms with Gasteiger partial charge < -0.3 is 5.32 Å². The second kappa shape index (κ2) is 7.03. The lowest BCUT2D eigenvalue weighted by atomic mass is 10.1. The normalized spacial score (nSPS) is 9.87. The molecule has 0 bridgehead atoms. The Balaban J connectivity index is 2.23. The zero-order valence-corrected chi connectivity index (χ0v) is 9.29. The molecule has 0 atom stereocenters. The molecule has 1 aromatic carbocycles. The highest BCUT2D eigenvalue weighted by atomic mass is 14.8. The number of hydrogen-bond acceptors (Lipinski definition) is 2. The fraction of sp³-hybridized carbons (Fsp3) is 0.462. The molecule has 0 fully saturated rings. The van der Waals surface area contributed by atoms with Crippen LogP contribution in [0.5, 0.6) is 0 Å². The van der Waals surface area contributed by atoms with E-state index in [0.717, 1.165) is 18.7 Å². The van der Waals surface area contributed by atoms with Gasteiger partial charge in [0.05, 0.1) is 11.6 Å². The van der Waals surface area contributed by atoms with Gasteiger partial charge in [0.2, 0.25) is 0 Å². The Kier molecular flexibility index (Phi) is 5.50. The summed E-state index contributed by atoms with van der Waals surface area (Å²) < 4.78 is 0. The lowest BCUT2D eigenvalue weighted by molar-refractivity contribution is 0.617. The summed E-state index contributed by atoms with van der Waals surface area (Å²) in [6.45, 7) is 4.18. The molecule has 1 N–H and O–H groups in total. The van der Waals surface area contributed by atoms with E-state index in [9.17, 15) is 0 Å². The standard InChI is InChI=1S/C13H18N2/c1-2-3-4-9-15-11-13-7-5-12(10-14)6-8-13/h5-8,15H,2-4,9,11H2,1H3. The summed E-state index contributed by atoms with van der Waals surface area (Å²) in [6.07, 6.45) is 3.80. The Morgan fingerprint density at radius 1 is 1.20 bits per heavy atom. The highest BCUT2D eigenvalue weighted by molar-refractivity contribution is 5.31. The largest absolute Gasteiger partial charge is 0.313 e. The summed E-state index contributed by atoms with van der Waals surface area (Å²) in [5.74, 6) is 0. The van der Waals surface area contributed by atoms with Crippen molar-refractivity contribution in [1.29, 1.82) is 5.26 Å². The molecule has 1 rings (SSSR count). The van der Waals surface area contributed by atoms with E-state index in [0.29, 0.717) is 0 Å². The van der Waals surface area contributed by atoms with E-state index in [4.69, 9.17) is 5.26 Å². The van der Waals surface area contributed by atoms with Crippen molar-refractivity contribution < 1.29 is 0 Å². The van der Waals surface area contributed by atoms with Crippen LogP contribution in [-0.4, -0.2) is 6.54 Å². The van der Waals surface area contributed by atoms with Gasteiger partial charge in [0.15, 0.2) is 0 Å². The molecule has 2 heteroatoms. The number of nitriles is 1. The highest BCUT2D eigenvalue weighted by Crippen LogP contribution is 2.02. The monoisotopic (exact) mass is 202 g/mol.